The number of aliphatic hydroxyl groups excluding tert-OH is 2. The van der Waals surface area contributed by atoms with Crippen LogP contribution in [0.1, 0.15) is 30.7 Å². The van der Waals surface area contributed by atoms with E-state index in [1.165, 1.54) is 6.92 Å². The van der Waals surface area contributed by atoms with Gasteiger partial charge in [0.1, 0.15) is 6.10 Å². The number of hydrogen-bond donors (Lipinski definition) is 3. The number of pyridine rings is 1. The van der Waals surface area contributed by atoms with Crippen molar-refractivity contribution < 1.29 is 15.0 Å². The van der Waals surface area contributed by atoms with E-state index < -0.39 is 12.2 Å². The lowest BCUT2D eigenvalue weighted by atomic mass is 10.1. The molecular weight excluding hydrogens is 220 g/mol. The molecule has 0 saturated carbocycles. The normalized spacial score (nSPS) is 14.1. The zero-order chi connectivity index (χ0) is 12.8. The van der Waals surface area contributed by atoms with Crippen LogP contribution in [0.4, 0.5) is 0 Å². The van der Waals surface area contributed by atoms with Crippen molar-refractivity contribution in [2.45, 2.75) is 32.5 Å². The van der Waals surface area contributed by atoms with Crippen LogP contribution in [0.5, 0.6) is 0 Å². The molecule has 0 aliphatic heterocycles. The van der Waals surface area contributed by atoms with Gasteiger partial charge >= 0.3 is 0 Å². The topological polar surface area (TPSA) is 82.5 Å². The summed E-state index contributed by atoms with van der Waals surface area (Å²) in [5.41, 5.74) is 1.42. The summed E-state index contributed by atoms with van der Waals surface area (Å²) in [7, 11) is 0. The molecule has 0 fully saturated rings. The summed E-state index contributed by atoms with van der Waals surface area (Å²) in [5, 5.41) is 22.2. The summed E-state index contributed by atoms with van der Waals surface area (Å²) in [6.07, 6.45) is -0.0788. The van der Waals surface area contributed by atoms with Crippen LogP contribution in [-0.2, 0) is 4.79 Å². The van der Waals surface area contributed by atoms with Crippen molar-refractivity contribution in [1.29, 1.82) is 0 Å². The van der Waals surface area contributed by atoms with Crippen LogP contribution < -0.4 is 5.32 Å². The molecule has 94 valence electrons. The Morgan fingerprint density at radius 1 is 1.53 bits per heavy atom. The Bertz CT molecular complexity index is 382. The lowest BCUT2D eigenvalue weighted by Gasteiger charge is -2.17. The van der Waals surface area contributed by atoms with Crippen molar-refractivity contribution in [2.75, 3.05) is 6.54 Å². The first kappa shape index (κ1) is 13.6. The van der Waals surface area contributed by atoms with E-state index in [9.17, 15) is 15.0 Å². The average molecular weight is 238 g/mol. The number of nitrogens with zero attached hydrogens (tertiary/aromatic N) is 1. The van der Waals surface area contributed by atoms with E-state index in [0.717, 1.165) is 5.56 Å². The second-order valence-corrected chi connectivity index (χ2v) is 4.04. The first-order chi connectivity index (χ1) is 8.00. The average Bonchev–Trinajstić information content (AvgIpc) is 2.27. The molecule has 1 aromatic rings. The molecule has 1 heterocycles. The minimum Gasteiger partial charge on any atom is -0.390 e. The summed E-state index contributed by atoms with van der Waals surface area (Å²) < 4.78 is 0. The monoisotopic (exact) mass is 238 g/mol. The molecular formula is C12H18N2O3. The zero-order valence-corrected chi connectivity index (χ0v) is 10.1. The van der Waals surface area contributed by atoms with E-state index >= 15 is 0 Å². The molecule has 2 unspecified atom stereocenters. The number of aryl methyl sites for hydroxylation is 1. The van der Waals surface area contributed by atoms with Gasteiger partial charge in [-0.3, -0.25) is 9.78 Å². The van der Waals surface area contributed by atoms with Gasteiger partial charge in [0.2, 0.25) is 5.91 Å². The fraction of sp³-hybridized carbons (Fsp3) is 0.500. The molecule has 0 radical (unpaired) electrons. The van der Waals surface area contributed by atoms with Crippen molar-refractivity contribution in [1.82, 2.24) is 10.3 Å². The van der Waals surface area contributed by atoms with Gasteiger partial charge in [-0.2, -0.15) is 0 Å². The van der Waals surface area contributed by atoms with Crippen LogP contribution in [0.3, 0.4) is 0 Å². The lowest BCUT2D eigenvalue weighted by Crippen LogP contribution is -2.28. The summed E-state index contributed by atoms with van der Waals surface area (Å²) in [4.78, 5) is 14.6. The molecule has 1 aromatic heterocycles. The molecule has 3 N–H and O–H groups in total. The number of amides is 1. The number of rotatable bonds is 5. The van der Waals surface area contributed by atoms with Gasteiger partial charge < -0.3 is 15.5 Å². The Kier molecular flexibility index (Phi) is 5.06. The van der Waals surface area contributed by atoms with Gasteiger partial charge in [0.25, 0.3) is 0 Å². The molecule has 1 rings (SSSR count). The predicted octanol–water partition coefficient (Wildman–Crippen LogP) is 0.311. The highest BCUT2D eigenvalue weighted by Crippen LogP contribution is 2.17. The Morgan fingerprint density at radius 3 is 2.82 bits per heavy atom. The van der Waals surface area contributed by atoms with E-state index in [1.54, 1.807) is 12.3 Å². The lowest BCUT2D eigenvalue weighted by molar-refractivity contribution is -0.119. The maximum Gasteiger partial charge on any atom is 0.216 e. The molecule has 0 saturated heterocycles. The van der Waals surface area contributed by atoms with Crippen LogP contribution in [0.2, 0.25) is 0 Å². The Morgan fingerprint density at radius 2 is 2.24 bits per heavy atom. The van der Waals surface area contributed by atoms with Crippen molar-refractivity contribution in [3.05, 3.63) is 29.6 Å². The van der Waals surface area contributed by atoms with Crippen LogP contribution in [0, 0.1) is 6.92 Å². The third-order valence-corrected chi connectivity index (χ3v) is 2.42. The van der Waals surface area contributed by atoms with Crippen LogP contribution in [0.25, 0.3) is 0 Å². The van der Waals surface area contributed by atoms with Gasteiger partial charge in [-0.15, -0.1) is 0 Å². The molecule has 17 heavy (non-hydrogen) atoms. The highest BCUT2D eigenvalue weighted by Gasteiger charge is 2.19. The van der Waals surface area contributed by atoms with Gasteiger partial charge in [-0.05, 0) is 31.0 Å². The maximum absolute atomic E-state index is 10.6. The highest BCUT2D eigenvalue weighted by atomic mass is 16.3. The summed E-state index contributed by atoms with van der Waals surface area (Å²) in [6, 6.07) is 3.55. The standard InChI is InChI=1S/C12H18N2O3/c1-8-3-5-14-10(7-8)12(17)11(16)4-6-13-9(2)15/h3,5,7,11-12,16-17H,4,6H2,1-2H3,(H,13,15). The van der Waals surface area contributed by atoms with E-state index in [4.69, 9.17) is 0 Å². The Labute approximate surface area is 101 Å². The van der Waals surface area contributed by atoms with E-state index in [1.807, 2.05) is 13.0 Å². The third-order valence-electron chi connectivity index (χ3n) is 2.42. The van der Waals surface area contributed by atoms with Crippen LogP contribution in [-0.4, -0.2) is 33.8 Å². The van der Waals surface area contributed by atoms with Gasteiger partial charge in [0.15, 0.2) is 0 Å². The molecule has 0 bridgehead atoms. The maximum atomic E-state index is 10.6. The number of carbonyl (C=O) groups is 1. The molecule has 5 nitrogen and oxygen atoms in total. The number of aromatic nitrogens is 1. The largest absolute Gasteiger partial charge is 0.390 e. The SMILES string of the molecule is CC(=O)NCCC(O)C(O)c1cc(C)ccn1. The zero-order valence-electron chi connectivity index (χ0n) is 10.1. The summed E-state index contributed by atoms with van der Waals surface area (Å²) in [5.74, 6) is -0.152. The number of nitrogens with one attached hydrogen (secondary N) is 1. The quantitative estimate of drug-likeness (QED) is 0.689. The molecule has 0 aromatic carbocycles. The van der Waals surface area contributed by atoms with Crippen molar-refractivity contribution in [2.24, 2.45) is 0 Å². The van der Waals surface area contributed by atoms with E-state index in [0.29, 0.717) is 12.2 Å². The van der Waals surface area contributed by atoms with Gasteiger partial charge in [0.05, 0.1) is 11.8 Å². The van der Waals surface area contributed by atoms with E-state index in [2.05, 4.69) is 10.3 Å². The van der Waals surface area contributed by atoms with Crippen molar-refractivity contribution in [3.8, 4) is 0 Å². The van der Waals surface area contributed by atoms with Crippen LogP contribution >= 0.6 is 0 Å². The summed E-state index contributed by atoms with van der Waals surface area (Å²) in [6.45, 7) is 3.63. The van der Waals surface area contributed by atoms with E-state index in [-0.39, 0.29) is 12.3 Å². The van der Waals surface area contributed by atoms with Gasteiger partial charge in [-0.1, -0.05) is 0 Å². The molecule has 0 aliphatic carbocycles. The fourth-order valence-corrected chi connectivity index (χ4v) is 1.47. The smallest absolute Gasteiger partial charge is 0.216 e. The number of carbonyl (C=O) groups excluding carboxylic acids is 1. The molecule has 2 atom stereocenters. The highest BCUT2D eigenvalue weighted by molar-refractivity contribution is 5.72. The minimum absolute atomic E-state index is 0.152. The van der Waals surface area contributed by atoms with Crippen LogP contribution in [0.15, 0.2) is 18.3 Å². The molecule has 0 spiro atoms. The first-order valence-electron chi connectivity index (χ1n) is 5.54. The van der Waals surface area contributed by atoms with Gasteiger partial charge in [0, 0.05) is 19.7 Å². The third kappa shape index (κ3) is 4.50. The first-order valence-corrected chi connectivity index (χ1v) is 5.54. The van der Waals surface area contributed by atoms with Crippen molar-refractivity contribution >= 4 is 5.91 Å². The van der Waals surface area contributed by atoms with Gasteiger partial charge in [-0.25, -0.2) is 0 Å². The predicted molar refractivity (Wildman–Crippen MR) is 63.2 cm³/mol. The molecule has 0 aliphatic rings. The minimum atomic E-state index is -1.02. The Balaban J connectivity index is 2.51. The number of hydrogen-bond acceptors (Lipinski definition) is 4. The van der Waals surface area contributed by atoms with Crippen molar-refractivity contribution in [3.63, 3.8) is 0 Å². The fourth-order valence-electron chi connectivity index (χ4n) is 1.47. The molecule has 5 heteroatoms. The number of aliphatic hydroxyl groups is 2. The second-order valence-electron chi connectivity index (χ2n) is 4.04. The Hall–Kier alpha value is -1.46. The second kappa shape index (κ2) is 6.32. The molecule has 1 amide bonds. The summed E-state index contributed by atoms with van der Waals surface area (Å²) >= 11 is 0.